The molecule has 1 aliphatic carbocycles. The minimum absolute atomic E-state index is 0.0359. The summed E-state index contributed by atoms with van der Waals surface area (Å²) >= 11 is 0. The molecule has 6 nitrogen and oxygen atoms in total. The number of hydrogen-bond donors (Lipinski definition) is 2. The smallest absolute Gasteiger partial charge is 0.341 e. The molecule has 1 saturated carbocycles. The van der Waals surface area contributed by atoms with Gasteiger partial charge in [0.25, 0.3) is 0 Å². The highest BCUT2D eigenvalue weighted by Crippen LogP contribution is 2.48. The average Bonchev–Trinajstić information content (AvgIpc) is 3.42. The van der Waals surface area contributed by atoms with Crippen molar-refractivity contribution in [2.45, 2.75) is 63.5 Å². The van der Waals surface area contributed by atoms with Gasteiger partial charge in [0.15, 0.2) is 0 Å². The molecule has 1 fully saturated rings. The molecule has 0 radical (unpaired) electrons. The fourth-order valence-electron chi connectivity index (χ4n) is 5.87. The van der Waals surface area contributed by atoms with Crippen LogP contribution in [0, 0.1) is 12.7 Å². The molecule has 4 aromatic rings. The number of nitrogens with one attached hydrogen (secondary N) is 1. The van der Waals surface area contributed by atoms with Gasteiger partial charge in [-0.05, 0) is 80.0 Å². The molecule has 0 unspecified atom stereocenters. The summed E-state index contributed by atoms with van der Waals surface area (Å²) in [7, 11) is 1.66. The lowest BCUT2D eigenvalue weighted by Crippen LogP contribution is -2.38. The monoisotopic (exact) mass is 495 g/mol. The van der Waals surface area contributed by atoms with Gasteiger partial charge in [-0.2, -0.15) is 5.10 Å². The number of halogens is 2. The molecule has 190 valence electrons. The van der Waals surface area contributed by atoms with Gasteiger partial charge in [0.2, 0.25) is 5.67 Å². The molecule has 2 aromatic carbocycles. The van der Waals surface area contributed by atoms with Crippen molar-refractivity contribution in [1.29, 1.82) is 0 Å². The van der Waals surface area contributed by atoms with Gasteiger partial charge in [-0.3, -0.25) is 5.10 Å². The lowest BCUT2D eigenvalue weighted by molar-refractivity contribution is -0.153. The fraction of sp³-hybridized carbons (Fsp3) is 0.429. The standard InChI is InChI=1S/C28H31F2N3O3/c1-16-11-19(5-6-21(16)29)33-23-12-18-14-31-32-22(18)13-20(23)24(25(33)27(2,3)15-36-4)17-7-9-28(30,10-8-17)26(34)35/h5-6,11-14,17H,7-10,15H2,1-4H3,(H,31,32)(H,34,35). The third kappa shape index (κ3) is 3.88. The lowest BCUT2D eigenvalue weighted by Gasteiger charge is -2.34. The van der Waals surface area contributed by atoms with Gasteiger partial charge in [-0.1, -0.05) is 13.8 Å². The van der Waals surface area contributed by atoms with Gasteiger partial charge in [-0.25, -0.2) is 13.6 Å². The maximum Gasteiger partial charge on any atom is 0.341 e. The molecule has 0 amide bonds. The Morgan fingerprint density at radius 2 is 2.00 bits per heavy atom. The van der Waals surface area contributed by atoms with Crippen molar-refractivity contribution in [2.24, 2.45) is 0 Å². The molecule has 36 heavy (non-hydrogen) atoms. The minimum atomic E-state index is -2.19. The summed E-state index contributed by atoms with van der Waals surface area (Å²) in [5.74, 6) is -1.69. The quantitative estimate of drug-likeness (QED) is 0.328. The van der Waals surface area contributed by atoms with E-state index in [2.05, 4.69) is 40.7 Å². The van der Waals surface area contributed by atoms with Crippen molar-refractivity contribution < 1.29 is 23.4 Å². The number of aromatic amines is 1. The fourth-order valence-corrected chi connectivity index (χ4v) is 5.87. The van der Waals surface area contributed by atoms with E-state index in [1.807, 2.05) is 6.07 Å². The molecule has 8 heteroatoms. The third-order valence-corrected chi connectivity index (χ3v) is 7.68. The molecule has 1 aliphatic rings. The van der Waals surface area contributed by atoms with Crippen LogP contribution in [-0.2, 0) is 14.9 Å². The number of aryl methyl sites for hydroxylation is 1. The van der Waals surface area contributed by atoms with E-state index in [0.717, 1.165) is 38.8 Å². The van der Waals surface area contributed by atoms with Crippen LogP contribution >= 0.6 is 0 Å². The van der Waals surface area contributed by atoms with E-state index in [-0.39, 0.29) is 24.6 Å². The Hall–Kier alpha value is -3.26. The number of fused-ring (bicyclic) bond motifs is 2. The summed E-state index contributed by atoms with van der Waals surface area (Å²) < 4.78 is 37.1. The highest BCUT2D eigenvalue weighted by molar-refractivity contribution is 5.99. The van der Waals surface area contributed by atoms with Crippen molar-refractivity contribution in [3.05, 3.63) is 59.2 Å². The Labute approximate surface area is 208 Å². The summed E-state index contributed by atoms with van der Waals surface area (Å²) in [5, 5.41) is 18.6. The molecular weight excluding hydrogens is 464 g/mol. The zero-order chi connectivity index (χ0) is 25.8. The largest absolute Gasteiger partial charge is 0.479 e. The first-order chi connectivity index (χ1) is 17.1. The number of aliphatic carboxylic acids is 1. The number of rotatable bonds is 6. The first-order valence-corrected chi connectivity index (χ1v) is 12.3. The van der Waals surface area contributed by atoms with Crippen molar-refractivity contribution in [2.75, 3.05) is 13.7 Å². The average molecular weight is 496 g/mol. The Kier molecular flexibility index (Phi) is 5.90. The molecule has 0 atom stereocenters. The van der Waals surface area contributed by atoms with Crippen LogP contribution in [0.1, 0.15) is 62.3 Å². The van der Waals surface area contributed by atoms with Crippen molar-refractivity contribution >= 4 is 27.8 Å². The summed E-state index contributed by atoms with van der Waals surface area (Å²) in [6.45, 7) is 6.39. The van der Waals surface area contributed by atoms with Crippen molar-refractivity contribution in [3.8, 4) is 5.69 Å². The van der Waals surface area contributed by atoms with E-state index in [9.17, 15) is 18.7 Å². The number of nitrogens with zero attached hydrogens (tertiary/aromatic N) is 2. The Balaban J connectivity index is 1.82. The van der Waals surface area contributed by atoms with Gasteiger partial charge < -0.3 is 14.4 Å². The maximum absolute atomic E-state index is 15.0. The zero-order valence-corrected chi connectivity index (χ0v) is 21.0. The Morgan fingerprint density at radius 1 is 1.28 bits per heavy atom. The number of carbonyl (C=O) groups is 1. The van der Waals surface area contributed by atoms with Crippen molar-refractivity contribution in [3.63, 3.8) is 0 Å². The van der Waals surface area contributed by atoms with Crippen LogP contribution < -0.4 is 0 Å². The van der Waals surface area contributed by atoms with Crippen LogP contribution in [0.4, 0.5) is 8.78 Å². The molecule has 0 bridgehead atoms. The second-order valence-corrected chi connectivity index (χ2v) is 10.7. The first-order valence-electron chi connectivity index (χ1n) is 12.3. The van der Waals surface area contributed by atoms with E-state index >= 15 is 0 Å². The van der Waals surface area contributed by atoms with E-state index in [1.165, 1.54) is 6.07 Å². The molecular formula is C28H31F2N3O3. The number of aromatic nitrogens is 3. The van der Waals surface area contributed by atoms with Gasteiger partial charge >= 0.3 is 5.97 Å². The van der Waals surface area contributed by atoms with Crippen LogP contribution in [0.25, 0.3) is 27.5 Å². The highest BCUT2D eigenvalue weighted by Gasteiger charge is 2.44. The first kappa shape index (κ1) is 24.4. The molecule has 2 aromatic heterocycles. The summed E-state index contributed by atoms with van der Waals surface area (Å²) in [6.07, 6.45) is 2.53. The van der Waals surface area contributed by atoms with Crippen molar-refractivity contribution in [1.82, 2.24) is 14.8 Å². The Morgan fingerprint density at radius 3 is 2.64 bits per heavy atom. The highest BCUT2D eigenvalue weighted by atomic mass is 19.1. The summed E-state index contributed by atoms with van der Waals surface area (Å²) in [5.41, 5.74) is 2.63. The SMILES string of the molecule is COCC(C)(C)c1c(C2CCC(F)(C(=O)O)CC2)c2cc3[nH]ncc3cc2n1-c1ccc(F)c(C)c1. The summed E-state index contributed by atoms with van der Waals surface area (Å²) in [4.78, 5) is 11.6. The topological polar surface area (TPSA) is 80.1 Å². The normalized spacial score (nSPS) is 20.9. The van der Waals surface area contributed by atoms with Crippen LogP contribution in [0.2, 0.25) is 0 Å². The number of carboxylic acid groups (broad SMARTS) is 1. The van der Waals surface area contributed by atoms with Gasteiger partial charge in [0, 0.05) is 34.7 Å². The van der Waals surface area contributed by atoms with Gasteiger partial charge in [0.05, 0.1) is 23.8 Å². The predicted octanol–water partition coefficient (Wildman–Crippen LogP) is 6.33. The van der Waals surface area contributed by atoms with E-state index < -0.39 is 17.1 Å². The Bertz CT molecular complexity index is 1460. The maximum atomic E-state index is 15.0. The molecule has 5 rings (SSSR count). The number of benzene rings is 2. The second-order valence-electron chi connectivity index (χ2n) is 10.7. The number of hydrogen-bond acceptors (Lipinski definition) is 3. The number of alkyl halides is 1. The van der Waals surface area contributed by atoms with Crippen LogP contribution in [-0.4, -0.2) is 45.2 Å². The van der Waals surface area contributed by atoms with Crippen LogP contribution in [0.15, 0.2) is 36.5 Å². The van der Waals surface area contributed by atoms with E-state index in [0.29, 0.717) is 25.0 Å². The number of methoxy groups -OCH3 is 1. The number of H-pyrrole nitrogens is 1. The van der Waals surface area contributed by atoms with Crippen LogP contribution in [0.3, 0.4) is 0 Å². The van der Waals surface area contributed by atoms with Gasteiger partial charge in [0.1, 0.15) is 5.82 Å². The summed E-state index contributed by atoms with van der Waals surface area (Å²) in [6, 6.07) is 9.23. The number of carboxylic acids is 1. The number of ether oxygens (including phenoxy) is 1. The van der Waals surface area contributed by atoms with E-state index in [4.69, 9.17) is 4.74 Å². The van der Waals surface area contributed by atoms with Gasteiger partial charge in [-0.15, -0.1) is 0 Å². The van der Waals surface area contributed by atoms with E-state index in [1.54, 1.807) is 26.3 Å². The molecule has 2 heterocycles. The third-order valence-electron chi connectivity index (χ3n) is 7.68. The predicted molar refractivity (Wildman–Crippen MR) is 135 cm³/mol. The zero-order valence-electron chi connectivity index (χ0n) is 21.0. The minimum Gasteiger partial charge on any atom is -0.479 e. The second kappa shape index (κ2) is 8.69. The molecule has 0 aliphatic heterocycles. The lowest BCUT2D eigenvalue weighted by atomic mass is 9.73. The van der Waals surface area contributed by atoms with Crippen LogP contribution in [0.5, 0.6) is 0 Å². The molecule has 0 saturated heterocycles. The molecule has 2 N–H and O–H groups in total. The molecule has 0 spiro atoms.